The smallest absolute Gasteiger partial charge is 0.201 e. The molecule has 0 fully saturated rings. The van der Waals surface area contributed by atoms with Crippen LogP contribution in [0.5, 0.6) is 23.0 Å². The maximum Gasteiger partial charge on any atom is 0.201 e. The SMILES string of the molecule is COc1cc(OC)c2c(c1)C(=O)c1cc(O)c(C(CO)CCO)c(O)c1C2=O. The quantitative estimate of drug-likeness (QED) is 0.497. The molecule has 0 heterocycles. The molecular formula is C20H20O8. The fourth-order valence-corrected chi connectivity index (χ4v) is 3.52. The Hall–Kier alpha value is -3.10. The van der Waals surface area contributed by atoms with Crippen molar-refractivity contribution in [1.82, 2.24) is 0 Å². The van der Waals surface area contributed by atoms with Crippen LogP contribution in [-0.2, 0) is 0 Å². The van der Waals surface area contributed by atoms with Crippen LogP contribution in [0.25, 0.3) is 0 Å². The number of phenols is 2. The second-order valence-electron chi connectivity index (χ2n) is 6.38. The summed E-state index contributed by atoms with van der Waals surface area (Å²) in [5.74, 6) is -2.65. The van der Waals surface area contributed by atoms with Gasteiger partial charge in [0.25, 0.3) is 0 Å². The fraction of sp³-hybridized carbons (Fsp3) is 0.300. The van der Waals surface area contributed by atoms with E-state index >= 15 is 0 Å². The molecule has 0 aromatic heterocycles. The van der Waals surface area contributed by atoms with E-state index in [0.717, 1.165) is 6.07 Å². The van der Waals surface area contributed by atoms with Gasteiger partial charge in [0.1, 0.15) is 23.0 Å². The minimum absolute atomic E-state index is 0.0181. The normalized spacial score (nSPS) is 13.7. The number of ketones is 2. The summed E-state index contributed by atoms with van der Waals surface area (Å²) >= 11 is 0. The summed E-state index contributed by atoms with van der Waals surface area (Å²) in [6.07, 6.45) is 0.0512. The van der Waals surface area contributed by atoms with E-state index in [1.54, 1.807) is 0 Å². The number of phenolic OH excluding ortho intramolecular Hbond substituents is 2. The molecule has 1 aliphatic carbocycles. The number of hydrogen-bond donors (Lipinski definition) is 4. The molecule has 0 radical (unpaired) electrons. The molecule has 0 aliphatic heterocycles. The molecule has 0 spiro atoms. The molecule has 1 atom stereocenters. The number of aliphatic hydroxyl groups is 2. The maximum absolute atomic E-state index is 13.2. The van der Waals surface area contributed by atoms with Crippen LogP contribution in [0.2, 0.25) is 0 Å². The van der Waals surface area contributed by atoms with Gasteiger partial charge in [0.05, 0.1) is 32.0 Å². The third kappa shape index (κ3) is 2.87. The third-order valence-electron chi connectivity index (χ3n) is 4.90. The predicted molar refractivity (Wildman–Crippen MR) is 97.7 cm³/mol. The van der Waals surface area contributed by atoms with E-state index in [4.69, 9.17) is 14.6 Å². The molecule has 4 N–H and O–H groups in total. The van der Waals surface area contributed by atoms with Gasteiger partial charge < -0.3 is 29.9 Å². The van der Waals surface area contributed by atoms with E-state index in [9.17, 15) is 24.9 Å². The van der Waals surface area contributed by atoms with Crippen molar-refractivity contribution in [3.8, 4) is 23.0 Å². The standard InChI is InChI=1S/C20H20O8/c1-27-10-5-11-16(14(6-10)28-2)20(26)17-12(18(11)24)7-13(23)15(19(17)25)9(8-22)3-4-21/h5-7,9,21-23,25H,3-4,8H2,1-2H3. The topological polar surface area (TPSA) is 134 Å². The number of methoxy groups -OCH3 is 2. The highest BCUT2D eigenvalue weighted by atomic mass is 16.5. The molecule has 148 valence electrons. The zero-order valence-electron chi connectivity index (χ0n) is 15.4. The fourth-order valence-electron chi connectivity index (χ4n) is 3.52. The largest absolute Gasteiger partial charge is 0.507 e. The number of ether oxygens (including phenoxy) is 2. The Bertz CT molecular complexity index is 963. The summed E-state index contributed by atoms with van der Waals surface area (Å²) in [6.45, 7) is -0.774. The summed E-state index contributed by atoms with van der Waals surface area (Å²) in [5.41, 5.74) is -0.505. The second kappa shape index (κ2) is 7.49. The Morgan fingerprint density at radius 1 is 0.929 bits per heavy atom. The number of carbonyl (C=O) groups is 2. The van der Waals surface area contributed by atoms with Gasteiger partial charge in [0.15, 0.2) is 5.78 Å². The Labute approximate surface area is 160 Å². The van der Waals surface area contributed by atoms with Crippen molar-refractivity contribution >= 4 is 11.6 Å². The summed E-state index contributed by atoms with van der Waals surface area (Å²) in [4.78, 5) is 26.2. The van der Waals surface area contributed by atoms with Gasteiger partial charge in [-0.05, 0) is 18.6 Å². The summed E-state index contributed by atoms with van der Waals surface area (Å²) < 4.78 is 10.4. The first-order valence-corrected chi connectivity index (χ1v) is 8.55. The number of benzene rings is 2. The van der Waals surface area contributed by atoms with E-state index in [1.165, 1.54) is 26.4 Å². The Morgan fingerprint density at radius 2 is 1.61 bits per heavy atom. The number of aliphatic hydroxyl groups excluding tert-OH is 2. The summed E-state index contributed by atoms with van der Waals surface area (Å²) in [7, 11) is 2.75. The number of fused-ring (bicyclic) bond motifs is 2. The molecular weight excluding hydrogens is 368 g/mol. The monoisotopic (exact) mass is 388 g/mol. The molecule has 8 heteroatoms. The number of aromatic hydroxyl groups is 2. The van der Waals surface area contributed by atoms with Crippen molar-refractivity contribution in [2.75, 3.05) is 27.4 Å². The maximum atomic E-state index is 13.2. The molecule has 1 aliphatic rings. The summed E-state index contributed by atoms with van der Waals surface area (Å²) in [6, 6.07) is 3.94. The zero-order valence-corrected chi connectivity index (χ0v) is 15.4. The molecule has 3 rings (SSSR count). The molecule has 28 heavy (non-hydrogen) atoms. The summed E-state index contributed by atoms with van der Waals surface area (Å²) in [5, 5.41) is 39.8. The van der Waals surface area contributed by atoms with Crippen LogP contribution < -0.4 is 9.47 Å². The molecule has 0 saturated carbocycles. The van der Waals surface area contributed by atoms with E-state index in [0.29, 0.717) is 5.75 Å². The first-order chi connectivity index (χ1) is 13.4. The highest BCUT2D eigenvalue weighted by Crippen LogP contribution is 2.45. The van der Waals surface area contributed by atoms with Crippen LogP contribution in [0.15, 0.2) is 18.2 Å². The Balaban J connectivity index is 2.29. The van der Waals surface area contributed by atoms with Crippen LogP contribution >= 0.6 is 0 Å². The molecule has 0 amide bonds. The van der Waals surface area contributed by atoms with Gasteiger partial charge in [-0.25, -0.2) is 0 Å². The lowest BCUT2D eigenvalue weighted by molar-refractivity contribution is 0.0973. The minimum atomic E-state index is -0.808. The first-order valence-electron chi connectivity index (χ1n) is 8.55. The first kappa shape index (κ1) is 19.7. The van der Waals surface area contributed by atoms with E-state index in [1.807, 2.05) is 0 Å². The van der Waals surface area contributed by atoms with Crippen LogP contribution in [0.3, 0.4) is 0 Å². The lowest BCUT2D eigenvalue weighted by Gasteiger charge is -2.24. The van der Waals surface area contributed by atoms with Gasteiger partial charge in [0.2, 0.25) is 5.78 Å². The zero-order chi connectivity index (χ0) is 20.6. The molecule has 0 bridgehead atoms. The highest BCUT2D eigenvalue weighted by Gasteiger charge is 2.38. The molecule has 8 nitrogen and oxygen atoms in total. The van der Waals surface area contributed by atoms with Crippen molar-refractivity contribution in [1.29, 1.82) is 0 Å². The van der Waals surface area contributed by atoms with Gasteiger partial charge in [-0.1, -0.05) is 0 Å². The predicted octanol–water partition coefficient (Wildman–Crippen LogP) is 1.35. The number of hydrogen-bond acceptors (Lipinski definition) is 8. The van der Waals surface area contributed by atoms with Gasteiger partial charge in [-0.15, -0.1) is 0 Å². The lowest BCUT2D eigenvalue weighted by atomic mass is 9.80. The van der Waals surface area contributed by atoms with Crippen molar-refractivity contribution in [2.24, 2.45) is 0 Å². The van der Waals surface area contributed by atoms with Crippen molar-refractivity contribution in [3.05, 3.63) is 46.0 Å². The van der Waals surface area contributed by atoms with Crippen molar-refractivity contribution in [3.63, 3.8) is 0 Å². The number of carbonyl (C=O) groups excluding carboxylic acids is 2. The van der Waals surface area contributed by atoms with Gasteiger partial charge >= 0.3 is 0 Å². The third-order valence-corrected chi connectivity index (χ3v) is 4.90. The van der Waals surface area contributed by atoms with Crippen molar-refractivity contribution in [2.45, 2.75) is 12.3 Å². The lowest BCUT2D eigenvalue weighted by Crippen LogP contribution is -2.23. The van der Waals surface area contributed by atoms with Gasteiger partial charge in [-0.2, -0.15) is 0 Å². The molecule has 0 saturated heterocycles. The molecule has 2 aromatic carbocycles. The van der Waals surface area contributed by atoms with Crippen LogP contribution in [-0.4, -0.2) is 59.4 Å². The highest BCUT2D eigenvalue weighted by molar-refractivity contribution is 6.30. The average molecular weight is 388 g/mol. The van der Waals surface area contributed by atoms with E-state index < -0.39 is 35.6 Å². The van der Waals surface area contributed by atoms with Crippen LogP contribution in [0.1, 0.15) is 49.7 Å². The molecule has 2 aromatic rings. The molecule has 1 unspecified atom stereocenters. The second-order valence-corrected chi connectivity index (χ2v) is 6.38. The van der Waals surface area contributed by atoms with Crippen molar-refractivity contribution < 1.29 is 39.5 Å². The van der Waals surface area contributed by atoms with E-state index in [-0.39, 0.29) is 46.6 Å². The van der Waals surface area contributed by atoms with Crippen LogP contribution in [0.4, 0.5) is 0 Å². The minimum Gasteiger partial charge on any atom is -0.507 e. The Morgan fingerprint density at radius 3 is 2.18 bits per heavy atom. The Kier molecular flexibility index (Phi) is 5.26. The van der Waals surface area contributed by atoms with E-state index in [2.05, 4.69) is 0 Å². The number of rotatable bonds is 6. The van der Waals surface area contributed by atoms with Gasteiger partial charge in [0, 0.05) is 35.3 Å². The average Bonchev–Trinajstić information content (AvgIpc) is 2.69. The van der Waals surface area contributed by atoms with Crippen LogP contribution in [0, 0.1) is 0 Å². The van der Waals surface area contributed by atoms with Gasteiger partial charge in [-0.3, -0.25) is 9.59 Å².